The van der Waals surface area contributed by atoms with Crippen molar-refractivity contribution < 1.29 is 22.7 Å². The van der Waals surface area contributed by atoms with E-state index >= 15 is 0 Å². The summed E-state index contributed by atoms with van der Waals surface area (Å²) in [6.07, 6.45) is 5.27. The molecule has 1 unspecified atom stereocenters. The molecule has 1 aliphatic heterocycles. The van der Waals surface area contributed by atoms with Crippen molar-refractivity contribution in [2.24, 2.45) is 21.9 Å². The van der Waals surface area contributed by atoms with E-state index < -0.39 is 24.1 Å². The van der Waals surface area contributed by atoms with Crippen LogP contribution in [0.2, 0.25) is 19.6 Å². The molecule has 222 valence electrons. The number of fused-ring (bicyclic) bond motifs is 1. The van der Waals surface area contributed by atoms with Crippen LogP contribution in [0, 0.1) is 5.92 Å². The maximum Gasteiger partial charge on any atom is 0.341 e. The molecule has 9 nitrogen and oxygen atoms in total. The summed E-state index contributed by atoms with van der Waals surface area (Å²) in [4.78, 5) is 17.5. The molecule has 1 fully saturated rings. The number of hydrogen-bond donors (Lipinski definition) is 1. The summed E-state index contributed by atoms with van der Waals surface area (Å²) in [5, 5.41) is 3.84. The summed E-state index contributed by atoms with van der Waals surface area (Å²) >= 11 is 0. The van der Waals surface area contributed by atoms with Crippen LogP contribution in [-0.4, -0.2) is 59.8 Å². The lowest BCUT2D eigenvalue weighted by Crippen LogP contribution is -2.45. The Balaban J connectivity index is 1.67. The molecule has 0 aromatic heterocycles. The van der Waals surface area contributed by atoms with Crippen LogP contribution in [0.4, 0.5) is 5.69 Å². The van der Waals surface area contributed by atoms with E-state index in [1.165, 1.54) is 30.9 Å². The number of carbonyl (C=O) groups is 1. The summed E-state index contributed by atoms with van der Waals surface area (Å²) < 4.78 is 41.1. The number of methoxy groups -OCH3 is 1. The molecule has 0 bridgehead atoms. The molecule has 2 aliphatic rings. The number of nitrogens with zero attached hydrogens (tertiary/aromatic N) is 3. The van der Waals surface area contributed by atoms with Crippen LogP contribution >= 0.6 is 0 Å². The predicted molar refractivity (Wildman–Crippen MR) is 167 cm³/mol. The van der Waals surface area contributed by atoms with Gasteiger partial charge in [-0.15, -0.1) is 0 Å². The zero-order valence-electron chi connectivity index (χ0n) is 24.9. The molecule has 2 N–H and O–H groups in total. The quantitative estimate of drug-likeness (QED) is 0.128. The van der Waals surface area contributed by atoms with E-state index in [2.05, 4.69) is 42.7 Å². The monoisotopic (exact) mass is 598 g/mol. The van der Waals surface area contributed by atoms with E-state index in [1.54, 1.807) is 4.31 Å². The van der Waals surface area contributed by atoms with Crippen LogP contribution in [0.3, 0.4) is 0 Å². The maximum absolute atomic E-state index is 14.3. The molecule has 1 aliphatic carbocycles. The van der Waals surface area contributed by atoms with Gasteiger partial charge >= 0.3 is 5.97 Å². The first kappa shape index (κ1) is 30.8. The highest BCUT2D eigenvalue weighted by Gasteiger charge is 2.44. The molecule has 0 spiro atoms. The average Bonchev–Trinajstić information content (AvgIpc) is 3.80. The molecule has 41 heavy (non-hydrogen) atoms. The van der Waals surface area contributed by atoms with Crippen LogP contribution in [0.15, 0.2) is 51.4 Å². The molecule has 0 saturated heterocycles. The molecule has 1 atom stereocenters. The fourth-order valence-corrected chi connectivity index (χ4v) is 7.61. The van der Waals surface area contributed by atoms with Crippen molar-refractivity contribution in [2.45, 2.75) is 76.5 Å². The van der Waals surface area contributed by atoms with E-state index in [1.807, 2.05) is 19.1 Å². The third kappa shape index (κ3) is 7.01. The maximum atomic E-state index is 14.3. The number of aryl methyl sites for hydroxylation is 2. The summed E-state index contributed by atoms with van der Waals surface area (Å²) in [6, 6.07) is 10.3. The number of ether oxygens (including phenoxy) is 2. The lowest BCUT2D eigenvalue weighted by molar-refractivity contribution is 0.0596. The average molecular weight is 599 g/mol. The third-order valence-corrected chi connectivity index (χ3v) is 10.5. The number of sulfonamides is 1. The van der Waals surface area contributed by atoms with Gasteiger partial charge in [-0.1, -0.05) is 38.7 Å². The van der Waals surface area contributed by atoms with Gasteiger partial charge in [0.05, 0.1) is 31.5 Å². The minimum absolute atomic E-state index is 0.0168. The Morgan fingerprint density at radius 3 is 2.46 bits per heavy atom. The topological polar surface area (TPSA) is 124 Å². The van der Waals surface area contributed by atoms with Gasteiger partial charge in [0.2, 0.25) is 0 Å². The van der Waals surface area contributed by atoms with Gasteiger partial charge in [0.25, 0.3) is 10.0 Å². The first-order chi connectivity index (χ1) is 19.4. The highest BCUT2D eigenvalue weighted by atomic mass is 32.2. The third-order valence-electron chi connectivity index (χ3n) is 7.61. The van der Waals surface area contributed by atoms with Crippen LogP contribution in [-0.2, 0) is 27.6 Å². The Morgan fingerprint density at radius 2 is 1.85 bits per heavy atom. The van der Waals surface area contributed by atoms with Crippen LogP contribution in [0.25, 0.3) is 0 Å². The second-order valence-electron chi connectivity index (χ2n) is 12.0. The largest absolute Gasteiger partial charge is 0.486 e. The second kappa shape index (κ2) is 12.4. The first-order valence-electron chi connectivity index (χ1n) is 14.2. The molecule has 1 saturated carbocycles. The Bertz CT molecular complexity index is 1460. The molecule has 4 rings (SSSR count). The van der Waals surface area contributed by atoms with E-state index in [4.69, 9.17) is 15.3 Å². The minimum atomic E-state index is -3.99. The van der Waals surface area contributed by atoms with Gasteiger partial charge in [0, 0.05) is 12.2 Å². The molecule has 1 heterocycles. The fourth-order valence-electron chi connectivity index (χ4n) is 5.10. The number of nitrogens with two attached hydrogens (primary N) is 1. The van der Waals surface area contributed by atoms with Crippen molar-refractivity contribution >= 4 is 41.2 Å². The second-order valence-corrected chi connectivity index (χ2v) is 19.3. The first-order valence-corrected chi connectivity index (χ1v) is 19.3. The van der Waals surface area contributed by atoms with Crippen LogP contribution in [0.5, 0.6) is 5.75 Å². The molecule has 0 radical (unpaired) electrons. The van der Waals surface area contributed by atoms with Gasteiger partial charge in [0.1, 0.15) is 23.6 Å². The van der Waals surface area contributed by atoms with E-state index in [0.717, 1.165) is 49.5 Å². The molecule has 11 heteroatoms. The van der Waals surface area contributed by atoms with Gasteiger partial charge in [-0.2, -0.15) is 5.10 Å². The Hall–Kier alpha value is -3.18. The van der Waals surface area contributed by atoms with E-state index in [0.29, 0.717) is 17.3 Å². The van der Waals surface area contributed by atoms with Crippen molar-refractivity contribution in [1.29, 1.82) is 0 Å². The van der Waals surface area contributed by atoms with Gasteiger partial charge in [-0.05, 0) is 80.3 Å². The normalized spacial score (nSPS) is 18.2. The number of hydrazone groups is 1. The molecular weight excluding hydrogens is 557 g/mol. The van der Waals surface area contributed by atoms with Gasteiger partial charge in [0.15, 0.2) is 0 Å². The number of hydrogen-bond acceptors (Lipinski definition) is 8. The summed E-state index contributed by atoms with van der Waals surface area (Å²) in [7, 11) is -4.15. The SMILES string of the molecule is CCc1ccc2c(c1)CCC(C1CC1)N2S(=O)(=O)c1ccc(OCC(=NN)C(C)=NC[Si](C)(C)C)c(C(=O)OC)c1. The van der Waals surface area contributed by atoms with Crippen LogP contribution in [0.1, 0.15) is 54.6 Å². The van der Waals surface area contributed by atoms with Crippen molar-refractivity contribution in [3.05, 3.63) is 53.1 Å². The Morgan fingerprint density at radius 1 is 1.12 bits per heavy atom. The van der Waals surface area contributed by atoms with Crippen LogP contribution < -0.4 is 14.9 Å². The van der Waals surface area contributed by atoms with E-state index in [9.17, 15) is 13.2 Å². The van der Waals surface area contributed by atoms with Crippen molar-refractivity contribution in [3.8, 4) is 5.75 Å². The number of aliphatic imine (C=N–C) groups is 1. The number of carbonyl (C=O) groups excluding carboxylic acids is 1. The number of anilines is 1. The van der Waals surface area contributed by atoms with E-state index in [-0.39, 0.29) is 28.9 Å². The summed E-state index contributed by atoms with van der Waals surface area (Å²) in [5.74, 6) is 5.45. The molecule has 2 aromatic carbocycles. The Labute approximate surface area is 244 Å². The summed E-state index contributed by atoms with van der Waals surface area (Å²) in [5.41, 5.74) is 4.07. The lowest BCUT2D eigenvalue weighted by atomic mass is 9.93. The van der Waals surface area contributed by atoms with Crippen molar-refractivity contribution in [2.75, 3.05) is 24.2 Å². The number of esters is 1. The fraction of sp³-hybridized carbons (Fsp3) is 0.500. The highest BCUT2D eigenvalue weighted by molar-refractivity contribution is 7.92. The standard InChI is InChI=1S/C30H42N4O5SSi/c1-7-21-8-13-28-23(16-21)11-14-27(22-9-10-22)34(28)40(36,37)24-12-15-29(25(17-24)30(35)38-3)39-18-26(33-31)20(2)32-19-41(4,5)6/h8,12-13,15-17,22,27H,7,9-11,14,18-19,31H2,1-6H3. The Kier molecular flexibility index (Phi) is 9.28. The van der Waals surface area contributed by atoms with Gasteiger partial charge in [-0.3, -0.25) is 9.30 Å². The minimum Gasteiger partial charge on any atom is -0.486 e. The molecular formula is C30H42N4O5SSi. The molecule has 2 aromatic rings. The molecule has 0 amide bonds. The van der Waals surface area contributed by atoms with Gasteiger partial charge in [-0.25, -0.2) is 13.2 Å². The van der Waals surface area contributed by atoms with Crippen molar-refractivity contribution in [3.63, 3.8) is 0 Å². The number of rotatable bonds is 11. The highest BCUT2D eigenvalue weighted by Crippen LogP contribution is 2.45. The zero-order valence-corrected chi connectivity index (χ0v) is 26.8. The summed E-state index contributed by atoms with van der Waals surface area (Å²) in [6.45, 7) is 10.5. The van der Waals surface area contributed by atoms with Crippen molar-refractivity contribution in [1.82, 2.24) is 0 Å². The lowest BCUT2D eigenvalue weighted by Gasteiger charge is -2.38. The smallest absolute Gasteiger partial charge is 0.341 e. The zero-order chi connectivity index (χ0) is 29.9. The van der Waals surface area contributed by atoms with Gasteiger partial charge < -0.3 is 15.3 Å². The number of benzene rings is 2. The predicted octanol–water partition coefficient (Wildman–Crippen LogP) is 4.99.